The Balaban J connectivity index is 1.63. The van der Waals surface area contributed by atoms with Crippen LogP contribution >= 0.6 is 15.9 Å². The summed E-state index contributed by atoms with van der Waals surface area (Å²) in [7, 11) is 4.36. The third-order valence-corrected chi connectivity index (χ3v) is 4.58. The van der Waals surface area contributed by atoms with Crippen LogP contribution in [0.2, 0.25) is 0 Å². The standard InChI is InChI=1S/C15H23BrN2O/c1-18(2)15(8-3-9-15)12-17-10-11-19-14-6-4-13(16)5-7-14/h4-7,17H,3,8-12H2,1-2H3. The van der Waals surface area contributed by atoms with Crippen LogP contribution in [0.15, 0.2) is 28.7 Å². The molecular weight excluding hydrogens is 304 g/mol. The lowest BCUT2D eigenvalue weighted by atomic mass is 9.75. The first-order chi connectivity index (χ1) is 9.12. The molecule has 3 nitrogen and oxygen atoms in total. The first-order valence-electron chi connectivity index (χ1n) is 6.89. The van der Waals surface area contributed by atoms with Crippen molar-refractivity contribution in [2.45, 2.75) is 24.8 Å². The fraction of sp³-hybridized carbons (Fsp3) is 0.600. The number of hydrogen-bond acceptors (Lipinski definition) is 3. The zero-order chi connectivity index (χ0) is 13.7. The van der Waals surface area contributed by atoms with E-state index in [1.54, 1.807) is 0 Å². The van der Waals surface area contributed by atoms with E-state index in [0.717, 1.165) is 23.3 Å². The summed E-state index contributed by atoms with van der Waals surface area (Å²) >= 11 is 3.42. The number of benzene rings is 1. The maximum atomic E-state index is 5.69. The molecule has 0 atom stereocenters. The van der Waals surface area contributed by atoms with Gasteiger partial charge in [0.1, 0.15) is 12.4 Å². The number of nitrogens with one attached hydrogen (secondary N) is 1. The molecular formula is C15H23BrN2O. The van der Waals surface area contributed by atoms with Crippen LogP contribution in [0, 0.1) is 0 Å². The second-order valence-corrected chi connectivity index (χ2v) is 6.37. The normalized spacial score (nSPS) is 17.3. The quantitative estimate of drug-likeness (QED) is 0.780. The Morgan fingerprint density at radius 2 is 1.95 bits per heavy atom. The first kappa shape index (κ1) is 14.8. The van der Waals surface area contributed by atoms with Crippen molar-refractivity contribution >= 4 is 15.9 Å². The average molecular weight is 327 g/mol. The molecule has 1 aliphatic rings. The van der Waals surface area contributed by atoms with Crippen LogP contribution in [-0.4, -0.2) is 44.2 Å². The van der Waals surface area contributed by atoms with Crippen molar-refractivity contribution in [2.75, 3.05) is 33.8 Å². The van der Waals surface area contributed by atoms with Gasteiger partial charge in [-0.2, -0.15) is 0 Å². The number of ether oxygens (including phenoxy) is 1. The highest BCUT2D eigenvalue weighted by atomic mass is 79.9. The molecule has 0 bridgehead atoms. The van der Waals surface area contributed by atoms with Crippen molar-refractivity contribution in [3.8, 4) is 5.75 Å². The number of rotatable bonds is 7. The molecule has 0 saturated heterocycles. The van der Waals surface area contributed by atoms with Gasteiger partial charge in [0.15, 0.2) is 0 Å². The minimum absolute atomic E-state index is 0.387. The first-order valence-corrected chi connectivity index (χ1v) is 7.68. The van der Waals surface area contributed by atoms with Crippen LogP contribution in [0.25, 0.3) is 0 Å². The molecule has 1 fully saturated rings. The molecule has 0 unspecified atom stereocenters. The third kappa shape index (κ3) is 3.94. The van der Waals surface area contributed by atoms with Crippen molar-refractivity contribution in [1.82, 2.24) is 10.2 Å². The Morgan fingerprint density at radius 1 is 1.26 bits per heavy atom. The molecule has 0 aliphatic heterocycles. The maximum absolute atomic E-state index is 5.69. The van der Waals surface area contributed by atoms with Gasteiger partial charge in [-0.05, 0) is 57.6 Å². The summed E-state index contributed by atoms with van der Waals surface area (Å²) in [4.78, 5) is 2.36. The minimum atomic E-state index is 0.387. The SMILES string of the molecule is CN(C)C1(CNCCOc2ccc(Br)cc2)CCC1. The van der Waals surface area contributed by atoms with Gasteiger partial charge in [-0.15, -0.1) is 0 Å². The predicted octanol–water partition coefficient (Wildman–Crippen LogP) is 2.90. The Bertz CT molecular complexity index is 388. The number of nitrogens with zero attached hydrogens (tertiary/aromatic N) is 1. The fourth-order valence-electron chi connectivity index (χ4n) is 2.46. The van der Waals surface area contributed by atoms with Crippen LogP contribution in [-0.2, 0) is 0 Å². The van der Waals surface area contributed by atoms with E-state index in [1.165, 1.54) is 19.3 Å². The second kappa shape index (κ2) is 6.73. The van der Waals surface area contributed by atoms with Gasteiger partial charge >= 0.3 is 0 Å². The smallest absolute Gasteiger partial charge is 0.119 e. The fourth-order valence-corrected chi connectivity index (χ4v) is 2.72. The van der Waals surface area contributed by atoms with E-state index < -0.39 is 0 Å². The van der Waals surface area contributed by atoms with Gasteiger partial charge in [0, 0.05) is 23.1 Å². The Hall–Kier alpha value is -0.580. The molecule has 2 rings (SSSR count). The monoisotopic (exact) mass is 326 g/mol. The molecule has 4 heteroatoms. The molecule has 0 spiro atoms. The molecule has 0 radical (unpaired) electrons. The molecule has 0 aromatic heterocycles. The largest absolute Gasteiger partial charge is 0.492 e. The molecule has 1 aliphatic carbocycles. The second-order valence-electron chi connectivity index (χ2n) is 5.45. The summed E-state index contributed by atoms with van der Waals surface area (Å²) in [5.41, 5.74) is 0.387. The Labute approximate surface area is 124 Å². The van der Waals surface area contributed by atoms with Gasteiger partial charge in [0.2, 0.25) is 0 Å². The van der Waals surface area contributed by atoms with Crippen molar-refractivity contribution in [3.63, 3.8) is 0 Å². The summed E-state index contributed by atoms with van der Waals surface area (Å²) in [5, 5.41) is 3.52. The van der Waals surface area contributed by atoms with E-state index in [1.807, 2.05) is 24.3 Å². The van der Waals surface area contributed by atoms with Crippen molar-refractivity contribution in [3.05, 3.63) is 28.7 Å². The van der Waals surface area contributed by atoms with E-state index in [2.05, 4.69) is 40.2 Å². The molecule has 19 heavy (non-hydrogen) atoms. The topological polar surface area (TPSA) is 24.5 Å². The van der Waals surface area contributed by atoms with E-state index in [4.69, 9.17) is 4.74 Å². The number of hydrogen-bond donors (Lipinski definition) is 1. The lowest BCUT2D eigenvalue weighted by Crippen LogP contribution is -2.56. The molecule has 1 saturated carbocycles. The third-order valence-electron chi connectivity index (χ3n) is 4.05. The van der Waals surface area contributed by atoms with Crippen molar-refractivity contribution in [2.24, 2.45) is 0 Å². The van der Waals surface area contributed by atoms with Crippen LogP contribution < -0.4 is 10.1 Å². The predicted molar refractivity (Wildman–Crippen MR) is 82.8 cm³/mol. The lowest BCUT2D eigenvalue weighted by Gasteiger charge is -2.47. The minimum Gasteiger partial charge on any atom is -0.492 e. The summed E-state index contributed by atoms with van der Waals surface area (Å²) in [6, 6.07) is 7.96. The molecule has 106 valence electrons. The van der Waals surface area contributed by atoms with Gasteiger partial charge in [0.25, 0.3) is 0 Å². The van der Waals surface area contributed by atoms with Crippen LogP contribution in [0.3, 0.4) is 0 Å². The summed E-state index contributed by atoms with van der Waals surface area (Å²) in [5.74, 6) is 0.927. The molecule has 0 amide bonds. The zero-order valence-electron chi connectivity index (χ0n) is 11.8. The molecule has 0 heterocycles. The van der Waals surface area contributed by atoms with Gasteiger partial charge in [-0.1, -0.05) is 15.9 Å². The summed E-state index contributed by atoms with van der Waals surface area (Å²) in [6.07, 6.45) is 3.97. The van der Waals surface area contributed by atoms with Crippen molar-refractivity contribution < 1.29 is 4.74 Å². The van der Waals surface area contributed by atoms with E-state index in [0.29, 0.717) is 12.1 Å². The Morgan fingerprint density at radius 3 is 2.47 bits per heavy atom. The van der Waals surface area contributed by atoms with E-state index in [-0.39, 0.29) is 0 Å². The van der Waals surface area contributed by atoms with E-state index >= 15 is 0 Å². The van der Waals surface area contributed by atoms with Crippen LogP contribution in [0.4, 0.5) is 0 Å². The van der Waals surface area contributed by atoms with Crippen LogP contribution in [0.1, 0.15) is 19.3 Å². The molecule has 1 aromatic carbocycles. The van der Waals surface area contributed by atoms with Gasteiger partial charge in [-0.25, -0.2) is 0 Å². The van der Waals surface area contributed by atoms with Gasteiger partial charge < -0.3 is 15.0 Å². The van der Waals surface area contributed by atoms with Gasteiger partial charge in [0.05, 0.1) is 0 Å². The number of likely N-dealkylation sites (N-methyl/N-ethyl adjacent to an activating group) is 1. The highest BCUT2D eigenvalue weighted by Crippen LogP contribution is 2.35. The number of halogens is 1. The zero-order valence-corrected chi connectivity index (χ0v) is 13.4. The van der Waals surface area contributed by atoms with Crippen molar-refractivity contribution in [1.29, 1.82) is 0 Å². The molecule has 1 aromatic rings. The van der Waals surface area contributed by atoms with E-state index in [9.17, 15) is 0 Å². The maximum Gasteiger partial charge on any atom is 0.119 e. The Kier molecular flexibility index (Phi) is 5.25. The molecule has 1 N–H and O–H groups in total. The van der Waals surface area contributed by atoms with Crippen LogP contribution in [0.5, 0.6) is 5.75 Å². The lowest BCUT2D eigenvalue weighted by molar-refractivity contribution is 0.0594. The average Bonchev–Trinajstić information content (AvgIpc) is 2.33. The highest BCUT2D eigenvalue weighted by molar-refractivity contribution is 9.10. The highest BCUT2D eigenvalue weighted by Gasteiger charge is 2.38. The summed E-state index contributed by atoms with van der Waals surface area (Å²) in [6.45, 7) is 2.67. The summed E-state index contributed by atoms with van der Waals surface area (Å²) < 4.78 is 6.77. The van der Waals surface area contributed by atoms with Gasteiger partial charge in [-0.3, -0.25) is 0 Å².